The summed E-state index contributed by atoms with van der Waals surface area (Å²) in [4.78, 5) is 24.6. The Balaban J connectivity index is 1.96. The second kappa shape index (κ2) is 6.30. The lowest BCUT2D eigenvalue weighted by Gasteiger charge is -2.04. The SMILES string of the molecule is Cc1ccc(C(=O)c2n[nH]c(-c3ccc(Br)cc3)cc2=O)cc1. The van der Waals surface area contributed by atoms with E-state index in [9.17, 15) is 9.59 Å². The van der Waals surface area contributed by atoms with Crippen molar-refractivity contribution in [3.63, 3.8) is 0 Å². The molecular weight excluding hydrogens is 356 g/mol. The van der Waals surface area contributed by atoms with Crippen LogP contribution >= 0.6 is 15.9 Å². The van der Waals surface area contributed by atoms with Gasteiger partial charge >= 0.3 is 0 Å². The Bertz CT molecular complexity index is 913. The molecule has 0 bridgehead atoms. The van der Waals surface area contributed by atoms with Crippen LogP contribution in [0.1, 0.15) is 21.6 Å². The zero-order valence-corrected chi connectivity index (χ0v) is 13.9. The maximum atomic E-state index is 12.4. The predicted molar refractivity (Wildman–Crippen MR) is 92.6 cm³/mol. The third kappa shape index (κ3) is 3.29. The molecule has 1 N–H and O–H groups in total. The standard InChI is InChI=1S/C18H13BrN2O2/c1-11-2-4-13(5-3-11)18(23)17-16(22)10-15(20-21-17)12-6-8-14(19)9-7-12/h2-10H,1H3,(H,20,22). The molecule has 1 heterocycles. The van der Waals surface area contributed by atoms with E-state index in [0.29, 0.717) is 11.3 Å². The maximum Gasteiger partial charge on any atom is 0.217 e. The van der Waals surface area contributed by atoms with E-state index < -0.39 is 5.43 Å². The molecule has 0 radical (unpaired) electrons. The maximum absolute atomic E-state index is 12.4. The van der Waals surface area contributed by atoms with E-state index in [2.05, 4.69) is 26.1 Å². The van der Waals surface area contributed by atoms with Crippen molar-refractivity contribution in [3.05, 3.63) is 86.1 Å². The van der Waals surface area contributed by atoms with Gasteiger partial charge in [-0.2, -0.15) is 5.10 Å². The van der Waals surface area contributed by atoms with Gasteiger partial charge in [0.25, 0.3) is 0 Å². The van der Waals surface area contributed by atoms with Gasteiger partial charge in [0.1, 0.15) is 0 Å². The van der Waals surface area contributed by atoms with E-state index in [1.807, 2.05) is 43.3 Å². The number of H-pyrrole nitrogens is 1. The highest BCUT2D eigenvalue weighted by atomic mass is 79.9. The zero-order chi connectivity index (χ0) is 16.4. The summed E-state index contributed by atoms with van der Waals surface area (Å²) in [7, 11) is 0. The van der Waals surface area contributed by atoms with Crippen molar-refractivity contribution in [3.8, 4) is 11.3 Å². The van der Waals surface area contributed by atoms with Crippen LogP contribution in [-0.4, -0.2) is 16.0 Å². The molecule has 2 aromatic carbocycles. The molecule has 0 fully saturated rings. The normalized spacial score (nSPS) is 10.5. The molecule has 3 rings (SSSR count). The van der Waals surface area contributed by atoms with E-state index in [1.54, 1.807) is 12.1 Å². The third-order valence-electron chi connectivity index (χ3n) is 3.48. The number of aryl methyl sites for hydroxylation is 1. The minimum atomic E-state index is -0.396. The smallest absolute Gasteiger partial charge is 0.217 e. The summed E-state index contributed by atoms with van der Waals surface area (Å²) >= 11 is 3.36. The average molecular weight is 369 g/mol. The monoisotopic (exact) mass is 368 g/mol. The van der Waals surface area contributed by atoms with Gasteiger partial charge < -0.3 is 0 Å². The van der Waals surface area contributed by atoms with Crippen molar-refractivity contribution < 1.29 is 4.79 Å². The highest BCUT2D eigenvalue weighted by Gasteiger charge is 2.15. The summed E-state index contributed by atoms with van der Waals surface area (Å²) in [6.07, 6.45) is 0. The third-order valence-corrected chi connectivity index (χ3v) is 4.01. The Kier molecular flexibility index (Phi) is 4.21. The minimum absolute atomic E-state index is 0.102. The van der Waals surface area contributed by atoms with Crippen LogP contribution in [0.3, 0.4) is 0 Å². The first kappa shape index (κ1) is 15.4. The topological polar surface area (TPSA) is 62.8 Å². The van der Waals surface area contributed by atoms with Crippen molar-refractivity contribution in [2.45, 2.75) is 6.92 Å². The summed E-state index contributed by atoms with van der Waals surface area (Å²) in [5.74, 6) is -0.381. The number of aromatic nitrogens is 2. The van der Waals surface area contributed by atoms with Gasteiger partial charge in [-0.25, -0.2) is 0 Å². The van der Waals surface area contributed by atoms with Crippen LogP contribution in [0.4, 0.5) is 0 Å². The van der Waals surface area contributed by atoms with E-state index >= 15 is 0 Å². The average Bonchev–Trinajstić information content (AvgIpc) is 2.55. The summed E-state index contributed by atoms with van der Waals surface area (Å²) in [5, 5.41) is 6.77. The number of nitrogens with zero attached hydrogens (tertiary/aromatic N) is 1. The highest BCUT2D eigenvalue weighted by Crippen LogP contribution is 2.18. The number of carbonyl (C=O) groups excluding carboxylic acids is 1. The van der Waals surface area contributed by atoms with Gasteiger partial charge in [0, 0.05) is 16.1 Å². The Labute approximate surface area is 141 Å². The molecule has 4 nitrogen and oxygen atoms in total. The Morgan fingerprint density at radius 1 is 1.04 bits per heavy atom. The van der Waals surface area contributed by atoms with Gasteiger partial charge in [-0.05, 0) is 24.6 Å². The van der Waals surface area contributed by atoms with E-state index in [0.717, 1.165) is 15.6 Å². The molecule has 1 aromatic heterocycles. The number of ketones is 1. The first-order chi connectivity index (χ1) is 11.0. The van der Waals surface area contributed by atoms with Gasteiger partial charge in [0.05, 0.1) is 5.69 Å². The lowest BCUT2D eigenvalue weighted by Crippen LogP contribution is -2.19. The summed E-state index contributed by atoms with van der Waals surface area (Å²) in [5.41, 5.74) is 2.40. The predicted octanol–water partition coefficient (Wildman–Crippen LogP) is 3.74. The number of carbonyl (C=O) groups is 1. The van der Waals surface area contributed by atoms with Crippen LogP contribution < -0.4 is 5.43 Å². The fourth-order valence-corrected chi connectivity index (χ4v) is 2.45. The van der Waals surface area contributed by atoms with Crippen molar-refractivity contribution >= 4 is 21.7 Å². The van der Waals surface area contributed by atoms with Crippen LogP contribution in [0.15, 0.2) is 63.9 Å². The van der Waals surface area contributed by atoms with Gasteiger partial charge in [-0.3, -0.25) is 14.7 Å². The van der Waals surface area contributed by atoms with Gasteiger partial charge in [0.15, 0.2) is 5.69 Å². The molecule has 3 aromatic rings. The van der Waals surface area contributed by atoms with Crippen LogP contribution in [0, 0.1) is 6.92 Å². The first-order valence-electron chi connectivity index (χ1n) is 7.01. The van der Waals surface area contributed by atoms with Crippen LogP contribution in [0.5, 0.6) is 0 Å². The minimum Gasteiger partial charge on any atom is -0.287 e. The summed E-state index contributed by atoms with van der Waals surface area (Å²) in [6, 6.07) is 15.9. The molecule has 0 saturated heterocycles. The molecule has 23 heavy (non-hydrogen) atoms. The fraction of sp³-hybridized carbons (Fsp3) is 0.0556. The summed E-state index contributed by atoms with van der Waals surface area (Å²) in [6.45, 7) is 1.94. The van der Waals surface area contributed by atoms with Crippen LogP contribution in [0.2, 0.25) is 0 Å². The van der Waals surface area contributed by atoms with Crippen LogP contribution in [-0.2, 0) is 0 Å². The second-order valence-corrected chi connectivity index (χ2v) is 6.11. The highest BCUT2D eigenvalue weighted by molar-refractivity contribution is 9.10. The number of hydrogen-bond donors (Lipinski definition) is 1. The molecule has 0 aliphatic heterocycles. The number of rotatable bonds is 3. The van der Waals surface area contributed by atoms with Crippen molar-refractivity contribution in [2.24, 2.45) is 0 Å². The molecule has 0 aliphatic rings. The fourth-order valence-electron chi connectivity index (χ4n) is 2.18. The molecule has 114 valence electrons. The Morgan fingerprint density at radius 2 is 1.70 bits per heavy atom. The van der Waals surface area contributed by atoms with Crippen LogP contribution in [0.25, 0.3) is 11.3 Å². The first-order valence-corrected chi connectivity index (χ1v) is 7.81. The largest absolute Gasteiger partial charge is 0.287 e. The molecule has 0 saturated carbocycles. The van der Waals surface area contributed by atoms with Gasteiger partial charge in [0.2, 0.25) is 11.2 Å². The molecule has 0 unspecified atom stereocenters. The lowest BCUT2D eigenvalue weighted by molar-refractivity contribution is 0.103. The molecule has 0 atom stereocenters. The molecule has 5 heteroatoms. The van der Waals surface area contributed by atoms with Crippen molar-refractivity contribution in [1.29, 1.82) is 0 Å². The van der Waals surface area contributed by atoms with Crippen molar-refractivity contribution in [1.82, 2.24) is 10.2 Å². The number of halogens is 1. The van der Waals surface area contributed by atoms with E-state index in [-0.39, 0.29) is 11.5 Å². The van der Waals surface area contributed by atoms with Gasteiger partial charge in [-0.1, -0.05) is 57.9 Å². The molecular formula is C18H13BrN2O2. The Hall–Kier alpha value is -2.53. The lowest BCUT2D eigenvalue weighted by atomic mass is 10.1. The number of aromatic amines is 1. The number of benzene rings is 2. The number of nitrogens with one attached hydrogen (secondary N) is 1. The van der Waals surface area contributed by atoms with E-state index in [4.69, 9.17) is 0 Å². The second-order valence-electron chi connectivity index (χ2n) is 5.20. The molecule has 0 aliphatic carbocycles. The molecule has 0 amide bonds. The zero-order valence-electron chi connectivity index (χ0n) is 12.3. The Morgan fingerprint density at radius 3 is 2.30 bits per heavy atom. The van der Waals surface area contributed by atoms with Crippen molar-refractivity contribution in [2.75, 3.05) is 0 Å². The van der Waals surface area contributed by atoms with Gasteiger partial charge in [-0.15, -0.1) is 0 Å². The molecule has 0 spiro atoms. The number of hydrogen-bond acceptors (Lipinski definition) is 3. The van der Waals surface area contributed by atoms with E-state index in [1.165, 1.54) is 6.07 Å². The summed E-state index contributed by atoms with van der Waals surface area (Å²) < 4.78 is 0.947. The quantitative estimate of drug-likeness (QED) is 0.716.